The second kappa shape index (κ2) is 58.3. The van der Waals surface area contributed by atoms with Gasteiger partial charge in [-0.25, -0.2) is 0 Å². The molecule has 0 aliphatic carbocycles. The van der Waals surface area contributed by atoms with Gasteiger partial charge in [-0.3, -0.25) is 33.6 Å². The fourth-order valence-corrected chi connectivity index (χ4v) is 13.1. The molecule has 0 spiro atoms. The molecular weight excluding hydrogens is 1570 g/mol. The summed E-state index contributed by atoms with van der Waals surface area (Å²) in [7, 11) is 0. The Bertz CT molecular complexity index is 2730. The van der Waals surface area contributed by atoms with Crippen LogP contribution in [0.5, 0.6) is 0 Å². The Morgan fingerprint density at radius 2 is 0.975 bits per heavy atom. The molecule has 0 aromatic rings. The van der Waals surface area contributed by atoms with Crippen molar-refractivity contribution >= 4 is 47.9 Å². The molecular formula is C77H137N5O36. The number of amides is 4. The molecule has 0 saturated carbocycles. The molecule has 4 fully saturated rings. The van der Waals surface area contributed by atoms with Gasteiger partial charge in [-0.2, -0.15) is 0 Å². The molecule has 0 bridgehead atoms. The number of aliphatic hydroxyl groups is 10. The first kappa shape index (κ1) is 105. The fourth-order valence-electron chi connectivity index (χ4n) is 13.1. The minimum absolute atomic E-state index is 0.0183. The van der Waals surface area contributed by atoms with Crippen molar-refractivity contribution < 1.29 is 175 Å². The van der Waals surface area contributed by atoms with E-state index in [2.05, 4.69) is 26.4 Å². The van der Waals surface area contributed by atoms with Crippen LogP contribution < -0.4 is 21.3 Å². The minimum Gasteiger partial charge on any atom is -0.435 e. The highest BCUT2D eigenvalue weighted by molar-refractivity contribution is 5.80. The number of ether oxygens (including phenoxy) is 18. The van der Waals surface area contributed by atoms with Gasteiger partial charge in [-0.15, -0.1) is 0 Å². The summed E-state index contributed by atoms with van der Waals surface area (Å²) in [6.07, 6.45) is -11.0. The van der Waals surface area contributed by atoms with Gasteiger partial charge in [-0.05, 0) is 38.0 Å². The van der Waals surface area contributed by atoms with Gasteiger partial charge in [0.2, 0.25) is 23.5 Å². The first-order valence-corrected chi connectivity index (χ1v) is 40.7. The molecule has 4 rings (SSSR count). The molecule has 0 aromatic heterocycles. The summed E-state index contributed by atoms with van der Waals surface area (Å²) in [5, 5.41) is 116. The van der Waals surface area contributed by atoms with Crippen molar-refractivity contribution in [1.82, 2.24) is 21.3 Å². The largest absolute Gasteiger partial charge is 0.435 e. The van der Waals surface area contributed by atoms with Crippen LogP contribution in [-0.4, -0.2) is 393 Å². The van der Waals surface area contributed by atoms with E-state index in [1.807, 2.05) is 20.8 Å². The zero-order chi connectivity index (χ0) is 86.9. The number of nitrogens with one attached hydrogen (secondary N) is 4. The third-order valence-electron chi connectivity index (χ3n) is 19.6. The molecule has 0 radical (unpaired) electrons. The zero-order valence-electron chi connectivity index (χ0n) is 69.8. The van der Waals surface area contributed by atoms with E-state index in [0.29, 0.717) is 25.7 Å². The lowest BCUT2D eigenvalue weighted by Crippen LogP contribution is -2.63. The molecule has 8 unspecified atom stereocenters. The monoisotopic (exact) mass is 1710 g/mol. The number of hydrogen-bond acceptors (Lipinski definition) is 37. The smallest absolute Gasteiger partial charge is 0.295 e. The molecule has 4 amide bonds. The van der Waals surface area contributed by atoms with Gasteiger partial charge in [0.05, 0.1) is 182 Å². The van der Waals surface area contributed by atoms with Gasteiger partial charge in [0, 0.05) is 103 Å². The standard InChI is InChI=1S/C77H137N5O36/c1-51-66(94)68(96)59(41-83)115-71(51)110-36-33-103-30-27-100-21-11-13-55(88)15-23-107-47-76(48-108-24-16-56(89)14-12-22-101-28-31-104-34-37-111-72-52(2)67(95)69(97)60(42-84)116-72,49-109-25-17-62(91)79-19-26-102-29-32-105-35-38-112-73-53(3)70(98)75(8,99)61(43-85)117-73)82-64(93)44-106-20-10-9-18-78-63(92)45-114-80-40-58-65(81-54(4)87)57(90)39-77(118-58,113-50-86)46-74(5,6)7/h40,50-53,57-61,65-73,83-85,90,94-99H,9-39,41-49H2,1-8H3,(H,78,92)(H,79,91)(H,81,87)(H,82,93)/t51-,52-,53-,57?,58?,59?,60?,61?,65+,66?,67?,68-,69-,70?,71+,72+,73+,75-,76?,77+/m1/s1. The number of carbonyl (C=O) groups is 7. The summed E-state index contributed by atoms with van der Waals surface area (Å²) in [5.74, 6) is -5.54. The highest BCUT2D eigenvalue weighted by Crippen LogP contribution is 2.40. The van der Waals surface area contributed by atoms with Gasteiger partial charge in [0.1, 0.15) is 65.9 Å². The van der Waals surface area contributed by atoms with Crippen LogP contribution in [0.25, 0.3) is 0 Å². The van der Waals surface area contributed by atoms with E-state index >= 15 is 0 Å². The average Bonchev–Trinajstić information content (AvgIpc) is 0.784. The minimum atomic E-state index is -1.66. The fraction of sp³-hybridized carbons (Fsp3) is 0.896. The Kier molecular flexibility index (Phi) is 52.0. The highest BCUT2D eigenvalue weighted by atomic mass is 16.7. The number of oxime groups is 1. The highest BCUT2D eigenvalue weighted by Gasteiger charge is 2.52. The molecule has 41 nitrogen and oxygen atoms in total. The van der Waals surface area contributed by atoms with E-state index in [1.165, 1.54) is 13.8 Å². The molecule has 118 heavy (non-hydrogen) atoms. The topological polar surface area (TPSA) is 558 Å². The first-order chi connectivity index (χ1) is 56.3. The summed E-state index contributed by atoms with van der Waals surface area (Å²) in [4.78, 5) is 94.9. The Hall–Kier alpha value is -4.92. The maximum absolute atomic E-state index is 13.9. The van der Waals surface area contributed by atoms with Crippen molar-refractivity contribution in [2.45, 2.75) is 229 Å². The van der Waals surface area contributed by atoms with Crippen molar-refractivity contribution in [2.24, 2.45) is 28.3 Å². The number of ketones is 2. The lowest BCUT2D eigenvalue weighted by atomic mass is 9.82. The molecule has 4 heterocycles. The Labute approximate surface area is 690 Å². The van der Waals surface area contributed by atoms with Crippen LogP contribution in [0.4, 0.5) is 0 Å². The molecule has 41 heteroatoms. The summed E-state index contributed by atoms with van der Waals surface area (Å²) in [6.45, 7) is 13.0. The van der Waals surface area contributed by atoms with Crippen molar-refractivity contribution in [3.8, 4) is 0 Å². The SMILES string of the molecule is CC(=O)N[C@H]1C(O)C[C@](CC(C)(C)C)(OC=O)OC1C=NOCC(=O)NCCCCOCC(=O)NC(COCCC(=O)CCCOCCOCCO[C@H]1OC(CO)[C@@H](O)C(O)[C@H]1C)(COCCC(=O)CCCOCCOCCO[C@H]1OC(CO)[C@@H](O)C(O)[C@H]1C)COCCC(=O)NCCOCCOCCO[C@H]1OC(CO)[C@@](C)(O)C(O)[C@H]1C. The summed E-state index contributed by atoms with van der Waals surface area (Å²) < 4.78 is 103. The van der Waals surface area contributed by atoms with Gasteiger partial charge in [-0.1, -0.05) is 46.7 Å². The molecule has 4 aliphatic heterocycles. The van der Waals surface area contributed by atoms with E-state index in [4.69, 9.17) is 90.1 Å². The summed E-state index contributed by atoms with van der Waals surface area (Å²) >= 11 is 0. The number of aliphatic hydroxyl groups excluding tert-OH is 9. The van der Waals surface area contributed by atoms with Crippen LogP contribution in [0.15, 0.2) is 5.16 Å². The number of carbonyl (C=O) groups excluding carboxylic acids is 7. The van der Waals surface area contributed by atoms with Gasteiger partial charge < -0.3 is 162 Å². The average molecular weight is 1710 g/mol. The number of rotatable bonds is 66. The molecule has 4 aliphatic rings. The van der Waals surface area contributed by atoms with Crippen molar-refractivity contribution in [2.75, 3.05) is 191 Å². The summed E-state index contributed by atoms with van der Waals surface area (Å²) in [6, 6.07) is -0.987. The van der Waals surface area contributed by atoms with Crippen LogP contribution in [0.1, 0.15) is 126 Å². The predicted molar refractivity (Wildman–Crippen MR) is 411 cm³/mol. The lowest BCUT2D eigenvalue weighted by molar-refractivity contribution is -0.312. The van der Waals surface area contributed by atoms with Crippen molar-refractivity contribution in [3.05, 3.63) is 0 Å². The van der Waals surface area contributed by atoms with E-state index in [9.17, 15) is 84.6 Å². The van der Waals surface area contributed by atoms with E-state index in [1.54, 1.807) is 20.8 Å². The zero-order valence-corrected chi connectivity index (χ0v) is 69.8. The number of hydrogen-bond donors (Lipinski definition) is 14. The summed E-state index contributed by atoms with van der Waals surface area (Å²) in [5.41, 5.74) is -3.57. The van der Waals surface area contributed by atoms with Crippen molar-refractivity contribution in [3.63, 3.8) is 0 Å². The van der Waals surface area contributed by atoms with Crippen LogP contribution in [0.2, 0.25) is 0 Å². The second-order valence-corrected chi connectivity index (χ2v) is 31.1. The van der Waals surface area contributed by atoms with Crippen LogP contribution in [0.3, 0.4) is 0 Å². The molecule has 686 valence electrons. The quantitative estimate of drug-likeness (QED) is 0.0122. The Balaban J connectivity index is 1.30. The molecule has 4 saturated heterocycles. The Morgan fingerprint density at radius 1 is 0.508 bits per heavy atom. The normalized spacial score (nSPS) is 28.6. The molecule has 0 aromatic carbocycles. The second-order valence-electron chi connectivity index (χ2n) is 31.1. The van der Waals surface area contributed by atoms with Crippen molar-refractivity contribution in [1.29, 1.82) is 0 Å². The number of unbranched alkanes of at least 4 members (excludes halogenated alkanes) is 1. The van der Waals surface area contributed by atoms with Gasteiger partial charge in [0.15, 0.2) is 25.5 Å². The van der Waals surface area contributed by atoms with Crippen LogP contribution in [0, 0.1) is 23.2 Å². The maximum Gasteiger partial charge on any atom is 0.295 e. The van der Waals surface area contributed by atoms with Gasteiger partial charge >= 0.3 is 0 Å². The first-order valence-electron chi connectivity index (χ1n) is 40.7. The van der Waals surface area contributed by atoms with E-state index in [-0.39, 0.29) is 227 Å². The third-order valence-corrected chi connectivity index (χ3v) is 19.6. The Morgan fingerprint density at radius 3 is 1.46 bits per heavy atom. The van der Waals surface area contributed by atoms with Crippen LogP contribution in [-0.2, 0) is 124 Å². The number of nitrogens with zero attached hydrogens (tertiary/aromatic N) is 1. The van der Waals surface area contributed by atoms with E-state index < -0.39 is 177 Å². The van der Waals surface area contributed by atoms with Crippen LogP contribution >= 0.6 is 0 Å². The number of Topliss-reactive ketones (excluding diaryl/α,β-unsaturated/α-hetero) is 2. The predicted octanol–water partition coefficient (Wildman–Crippen LogP) is -3.48. The lowest BCUT2D eigenvalue weighted by Gasteiger charge is -2.46. The van der Waals surface area contributed by atoms with E-state index in [0.717, 1.165) is 6.21 Å². The molecule has 19 atom stereocenters. The third kappa shape index (κ3) is 40.6. The van der Waals surface area contributed by atoms with Gasteiger partial charge in [0.25, 0.3) is 12.4 Å². The maximum atomic E-state index is 13.9. The molecule has 14 N–H and O–H groups in total.